The Morgan fingerprint density at radius 2 is 1.83 bits per heavy atom. The second kappa shape index (κ2) is 6.98. The number of aromatic amines is 1. The Morgan fingerprint density at radius 1 is 1.09 bits per heavy atom. The average molecular weight is 326 g/mol. The summed E-state index contributed by atoms with van der Waals surface area (Å²) >= 11 is 1.75. The average Bonchev–Trinajstić information content (AvgIpc) is 2.55. The zero-order valence-corrected chi connectivity index (χ0v) is 14.1. The minimum absolute atomic E-state index is 0.0669. The maximum absolute atomic E-state index is 12.1. The molecule has 3 aromatic rings. The highest BCUT2D eigenvalue weighted by Crippen LogP contribution is 2.14. The highest BCUT2D eigenvalue weighted by atomic mass is 32.2. The summed E-state index contributed by atoms with van der Waals surface area (Å²) in [5, 5.41) is 0.640. The van der Waals surface area contributed by atoms with Gasteiger partial charge in [-0.3, -0.25) is 4.79 Å². The SMILES string of the molecule is CSc1ccc(C[NH+](C)Cc2nc3ccccc3c(=O)[nH]2)cc1. The summed E-state index contributed by atoms with van der Waals surface area (Å²) in [6, 6.07) is 16.0. The van der Waals surface area contributed by atoms with Crippen LogP contribution in [0.5, 0.6) is 0 Å². The molecule has 0 fully saturated rings. The van der Waals surface area contributed by atoms with Crippen molar-refractivity contribution in [3.8, 4) is 0 Å². The van der Waals surface area contributed by atoms with E-state index in [0.717, 1.165) is 17.9 Å². The van der Waals surface area contributed by atoms with Crippen LogP contribution in [-0.2, 0) is 13.1 Å². The van der Waals surface area contributed by atoms with Gasteiger partial charge >= 0.3 is 0 Å². The normalized spacial score (nSPS) is 12.4. The van der Waals surface area contributed by atoms with Crippen LogP contribution in [0.25, 0.3) is 10.9 Å². The van der Waals surface area contributed by atoms with Gasteiger partial charge in [-0.25, -0.2) is 4.98 Å². The molecule has 0 radical (unpaired) electrons. The molecule has 0 saturated heterocycles. The lowest BCUT2D eigenvalue weighted by molar-refractivity contribution is -0.908. The Hall–Kier alpha value is -2.11. The van der Waals surface area contributed by atoms with Crippen molar-refractivity contribution in [2.75, 3.05) is 13.3 Å². The first kappa shape index (κ1) is 15.8. The lowest BCUT2D eigenvalue weighted by Gasteiger charge is -2.14. The molecule has 1 heterocycles. The van der Waals surface area contributed by atoms with Crippen LogP contribution >= 0.6 is 11.8 Å². The minimum atomic E-state index is -0.0669. The van der Waals surface area contributed by atoms with Gasteiger partial charge in [0.25, 0.3) is 5.56 Å². The molecule has 0 aliphatic heterocycles. The second-order valence-corrected chi connectivity index (χ2v) is 6.57. The Bertz CT molecular complexity index is 858. The predicted octanol–water partition coefficient (Wildman–Crippen LogP) is 1.86. The number of nitrogens with one attached hydrogen (secondary N) is 2. The minimum Gasteiger partial charge on any atom is -0.327 e. The lowest BCUT2D eigenvalue weighted by atomic mass is 10.2. The molecule has 4 nitrogen and oxygen atoms in total. The molecule has 1 aromatic heterocycles. The number of fused-ring (bicyclic) bond motifs is 1. The van der Waals surface area contributed by atoms with Crippen molar-refractivity contribution in [2.45, 2.75) is 18.0 Å². The fourth-order valence-electron chi connectivity index (χ4n) is 2.66. The van der Waals surface area contributed by atoms with Crippen LogP contribution in [0.2, 0.25) is 0 Å². The molecule has 2 N–H and O–H groups in total. The molecule has 0 amide bonds. The lowest BCUT2D eigenvalue weighted by Crippen LogP contribution is -3.06. The van der Waals surface area contributed by atoms with Crippen LogP contribution < -0.4 is 10.5 Å². The molecule has 0 bridgehead atoms. The monoisotopic (exact) mass is 326 g/mol. The van der Waals surface area contributed by atoms with E-state index in [1.54, 1.807) is 17.8 Å². The van der Waals surface area contributed by atoms with Crippen LogP contribution in [0.15, 0.2) is 58.2 Å². The van der Waals surface area contributed by atoms with E-state index in [-0.39, 0.29) is 5.56 Å². The van der Waals surface area contributed by atoms with Gasteiger partial charge < -0.3 is 9.88 Å². The maximum atomic E-state index is 12.1. The van der Waals surface area contributed by atoms with Crippen LogP contribution in [0.1, 0.15) is 11.4 Å². The molecule has 118 valence electrons. The molecule has 0 aliphatic rings. The van der Waals surface area contributed by atoms with Crippen molar-refractivity contribution >= 4 is 22.7 Å². The molecule has 0 saturated carbocycles. The topological polar surface area (TPSA) is 50.2 Å². The van der Waals surface area contributed by atoms with Gasteiger partial charge in [0, 0.05) is 10.5 Å². The summed E-state index contributed by atoms with van der Waals surface area (Å²) in [7, 11) is 2.11. The van der Waals surface area contributed by atoms with Gasteiger partial charge in [0.15, 0.2) is 5.82 Å². The van der Waals surface area contributed by atoms with Gasteiger partial charge in [0.1, 0.15) is 13.1 Å². The van der Waals surface area contributed by atoms with E-state index >= 15 is 0 Å². The van der Waals surface area contributed by atoms with E-state index in [1.807, 2.05) is 18.2 Å². The third kappa shape index (κ3) is 3.81. The Labute approximate surface area is 139 Å². The van der Waals surface area contributed by atoms with E-state index in [1.165, 1.54) is 15.4 Å². The van der Waals surface area contributed by atoms with E-state index < -0.39 is 0 Å². The fraction of sp³-hybridized carbons (Fsp3) is 0.222. The quantitative estimate of drug-likeness (QED) is 0.704. The summed E-state index contributed by atoms with van der Waals surface area (Å²) in [4.78, 5) is 22.1. The van der Waals surface area contributed by atoms with Crippen molar-refractivity contribution in [1.29, 1.82) is 0 Å². The standard InChI is InChI=1S/C18H19N3OS/c1-21(11-13-7-9-14(23-2)10-8-13)12-17-19-16-6-4-3-5-15(16)18(22)20-17/h3-10H,11-12H2,1-2H3,(H,19,20,22)/p+1. The Morgan fingerprint density at radius 3 is 2.57 bits per heavy atom. The number of rotatable bonds is 5. The first-order valence-corrected chi connectivity index (χ1v) is 8.80. The second-order valence-electron chi connectivity index (χ2n) is 5.69. The van der Waals surface area contributed by atoms with Gasteiger partial charge in [-0.1, -0.05) is 24.3 Å². The number of hydrogen-bond acceptors (Lipinski definition) is 3. The third-order valence-corrected chi connectivity index (χ3v) is 4.54. The fourth-order valence-corrected chi connectivity index (χ4v) is 3.07. The summed E-state index contributed by atoms with van der Waals surface area (Å²) in [6.07, 6.45) is 2.08. The zero-order chi connectivity index (χ0) is 16.2. The summed E-state index contributed by atoms with van der Waals surface area (Å²) < 4.78 is 0. The largest absolute Gasteiger partial charge is 0.327 e. The molecule has 0 spiro atoms. The third-order valence-electron chi connectivity index (χ3n) is 3.80. The molecule has 0 aliphatic carbocycles. The van der Waals surface area contributed by atoms with E-state index in [2.05, 4.69) is 47.5 Å². The van der Waals surface area contributed by atoms with Gasteiger partial charge in [0.2, 0.25) is 0 Å². The number of hydrogen-bond donors (Lipinski definition) is 2. The number of quaternary nitrogens is 1. The number of aromatic nitrogens is 2. The van der Waals surface area contributed by atoms with Crippen LogP contribution in [-0.4, -0.2) is 23.3 Å². The highest BCUT2D eigenvalue weighted by molar-refractivity contribution is 7.98. The Kier molecular flexibility index (Phi) is 4.79. The predicted molar refractivity (Wildman–Crippen MR) is 94.9 cm³/mol. The van der Waals surface area contributed by atoms with Crippen molar-refractivity contribution in [2.24, 2.45) is 0 Å². The summed E-state index contributed by atoms with van der Waals surface area (Å²) in [6.45, 7) is 1.58. The van der Waals surface area contributed by atoms with E-state index in [0.29, 0.717) is 11.9 Å². The molecule has 1 unspecified atom stereocenters. The Balaban J connectivity index is 1.74. The summed E-state index contributed by atoms with van der Waals surface area (Å²) in [5.74, 6) is 0.729. The molecular weight excluding hydrogens is 306 g/mol. The molecule has 3 rings (SSSR count). The van der Waals surface area contributed by atoms with Gasteiger partial charge in [-0.05, 0) is 30.5 Å². The molecule has 5 heteroatoms. The zero-order valence-electron chi connectivity index (χ0n) is 13.3. The maximum Gasteiger partial charge on any atom is 0.258 e. The van der Waals surface area contributed by atoms with Crippen molar-refractivity contribution in [1.82, 2.24) is 9.97 Å². The number of H-pyrrole nitrogens is 1. The van der Waals surface area contributed by atoms with Crippen molar-refractivity contribution in [3.05, 3.63) is 70.3 Å². The van der Waals surface area contributed by atoms with Gasteiger partial charge in [-0.15, -0.1) is 11.8 Å². The molecule has 2 aromatic carbocycles. The molecule has 1 atom stereocenters. The van der Waals surface area contributed by atoms with Gasteiger partial charge in [-0.2, -0.15) is 0 Å². The first-order chi connectivity index (χ1) is 11.2. The van der Waals surface area contributed by atoms with Crippen LogP contribution in [0, 0.1) is 0 Å². The molecule has 23 heavy (non-hydrogen) atoms. The summed E-state index contributed by atoms with van der Waals surface area (Å²) in [5.41, 5.74) is 1.97. The van der Waals surface area contributed by atoms with Crippen LogP contribution in [0.3, 0.4) is 0 Å². The van der Waals surface area contributed by atoms with Crippen LogP contribution in [0.4, 0.5) is 0 Å². The number of thioether (sulfide) groups is 1. The number of nitrogens with zero attached hydrogens (tertiary/aromatic N) is 1. The van der Waals surface area contributed by atoms with E-state index in [4.69, 9.17) is 0 Å². The van der Waals surface area contributed by atoms with Crippen molar-refractivity contribution in [3.63, 3.8) is 0 Å². The number of para-hydroxylation sites is 1. The number of benzene rings is 2. The first-order valence-electron chi connectivity index (χ1n) is 7.58. The van der Waals surface area contributed by atoms with Crippen molar-refractivity contribution < 1.29 is 4.90 Å². The molecular formula is C18H20N3OS+. The van der Waals surface area contributed by atoms with E-state index in [9.17, 15) is 4.79 Å². The smallest absolute Gasteiger partial charge is 0.258 e. The van der Waals surface area contributed by atoms with Gasteiger partial charge in [0.05, 0.1) is 18.0 Å². The highest BCUT2D eigenvalue weighted by Gasteiger charge is 2.09.